The Kier molecular flexibility index (Phi) is 4.08. The van der Waals surface area contributed by atoms with Gasteiger partial charge in [0.1, 0.15) is 5.75 Å². The molecule has 122 valence electrons. The second-order valence-corrected chi connectivity index (χ2v) is 5.63. The fraction of sp³-hybridized carbons (Fsp3) is 0.158. The van der Waals surface area contributed by atoms with Crippen LogP contribution in [0.5, 0.6) is 5.75 Å². The molecule has 0 saturated heterocycles. The van der Waals surface area contributed by atoms with Gasteiger partial charge in [-0.2, -0.15) is 5.10 Å². The third kappa shape index (κ3) is 2.88. The summed E-state index contributed by atoms with van der Waals surface area (Å²) in [6, 6.07) is 15.0. The SMILES string of the molecule is COc1ccc(-c2cc(C(=O)O)nn2-c2ccc(C)c(C)c2)cc1. The average Bonchev–Trinajstić information content (AvgIpc) is 3.03. The fourth-order valence-corrected chi connectivity index (χ4v) is 2.51. The van der Waals surface area contributed by atoms with Crippen LogP contribution in [0.4, 0.5) is 0 Å². The summed E-state index contributed by atoms with van der Waals surface area (Å²) >= 11 is 0. The molecule has 0 amide bonds. The molecule has 2 aromatic carbocycles. The Morgan fingerprint density at radius 1 is 1.04 bits per heavy atom. The second-order valence-electron chi connectivity index (χ2n) is 5.63. The Morgan fingerprint density at radius 2 is 1.75 bits per heavy atom. The molecular weight excluding hydrogens is 304 g/mol. The molecule has 3 aromatic rings. The molecule has 0 radical (unpaired) electrons. The lowest BCUT2D eigenvalue weighted by Crippen LogP contribution is -2.03. The number of methoxy groups -OCH3 is 1. The highest BCUT2D eigenvalue weighted by Crippen LogP contribution is 2.27. The number of ether oxygens (including phenoxy) is 1. The van der Waals surface area contributed by atoms with Crippen LogP contribution in [0.25, 0.3) is 16.9 Å². The Balaban J connectivity index is 2.16. The van der Waals surface area contributed by atoms with E-state index < -0.39 is 5.97 Å². The van der Waals surface area contributed by atoms with E-state index in [4.69, 9.17) is 4.74 Å². The van der Waals surface area contributed by atoms with Gasteiger partial charge in [0.15, 0.2) is 5.69 Å². The molecule has 0 aliphatic carbocycles. The molecular formula is C19H18N2O3. The van der Waals surface area contributed by atoms with Gasteiger partial charge in [0.05, 0.1) is 18.5 Å². The van der Waals surface area contributed by atoms with Gasteiger partial charge in [0, 0.05) is 5.56 Å². The minimum Gasteiger partial charge on any atom is -0.497 e. The maximum atomic E-state index is 11.4. The van der Waals surface area contributed by atoms with Crippen molar-refractivity contribution in [3.8, 4) is 22.7 Å². The third-order valence-corrected chi connectivity index (χ3v) is 4.05. The van der Waals surface area contributed by atoms with Gasteiger partial charge in [0.2, 0.25) is 0 Å². The minimum atomic E-state index is -1.05. The lowest BCUT2D eigenvalue weighted by molar-refractivity contribution is 0.0690. The summed E-state index contributed by atoms with van der Waals surface area (Å²) in [5.41, 5.74) is 4.73. The first-order valence-corrected chi connectivity index (χ1v) is 7.55. The van der Waals surface area contributed by atoms with Crippen molar-refractivity contribution < 1.29 is 14.6 Å². The molecule has 0 atom stereocenters. The minimum absolute atomic E-state index is 0.0130. The first-order chi connectivity index (χ1) is 11.5. The van der Waals surface area contributed by atoms with Crippen LogP contribution >= 0.6 is 0 Å². The van der Waals surface area contributed by atoms with Gasteiger partial charge in [-0.1, -0.05) is 6.07 Å². The van der Waals surface area contributed by atoms with Crippen LogP contribution in [0.2, 0.25) is 0 Å². The van der Waals surface area contributed by atoms with Gasteiger partial charge >= 0.3 is 5.97 Å². The Bertz CT molecular complexity index is 895. The molecule has 5 nitrogen and oxygen atoms in total. The number of carboxylic acid groups (broad SMARTS) is 1. The number of benzene rings is 2. The van der Waals surface area contributed by atoms with Crippen LogP contribution in [-0.2, 0) is 0 Å². The number of carbonyl (C=O) groups is 1. The van der Waals surface area contributed by atoms with Gasteiger partial charge in [-0.3, -0.25) is 0 Å². The zero-order valence-electron chi connectivity index (χ0n) is 13.8. The Labute approximate surface area is 140 Å². The Hall–Kier alpha value is -3.08. The number of carboxylic acids is 1. The number of aromatic nitrogens is 2. The largest absolute Gasteiger partial charge is 0.497 e. The van der Waals surface area contributed by atoms with Gasteiger partial charge in [-0.15, -0.1) is 0 Å². The molecule has 0 unspecified atom stereocenters. The van der Waals surface area contributed by atoms with Gasteiger partial charge in [-0.25, -0.2) is 9.48 Å². The van der Waals surface area contributed by atoms with E-state index in [-0.39, 0.29) is 5.69 Å². The average molecular weight is 322 g/mol. The van der Waals surface area contributed by atoms with E-state index in [1.54, 1.807) is 17.9 Å². The lowest BCUT2D eigenvalue weighted by Gasteiger charge is -2.10. The van der Waals surface area contributed by atoms with Crippen molar-refractivity contribution in [2.45, 2.75) is 13.8 Å². The number of aryl methyl sites for hydroxylation is 2. The van der Waals surface area contributed by atoms with Crippen LogP contribution in [0, 0.1) is 13.8 Å². The summed E-state index contributed by atoms with van der Waals surface area (Å²) in [5, 5.41) is 13.6. The first kappa shape index (κ1) is 15.8. The zero-order chi connectivity index (χ0) is 17.3. The van der Waals surface area contributed by atoms with Crippen molar-refractivity contribution in [2.75, 3.05) is 7.11 Å². The van der Waals surface area contributed by atoms with E-state index in [0.717, 1.165) is 28.3 Å². The van der Waals surface area contributed by atoms with Crippen LogP contribution in [0.3, 0.4) is 0 Å². The van der Waals surface area contributed by atoms with E-state index in [1.165, 1.54) is 5.56 Å². The first-order valence-electron chi connectivity index (χ1n) is 7.55. The summed E-state index contributed by atoms with van der Waals surface area (Å²) in [7, 11) is 1.61. The normalized spacial score (nSPS) is 10.6. The molecule has 0 bridgehead atoms. The fourth-order valence-electron chi connectivity index (χ4n) is 2.51. The van der Waals surface area contributed by atoms with Crippen molar-refractivity contribution in [1.82, 2.24) is 9.78 Å². The topological polar surface area (TPSA) is 64.3 Å². The van der Waals surface area contributed by atoms with Crippen molar-refractivity contribution >= 4 is 5.97 Å². The third-order valence-electron chi connectivity index (χ3n) is 4.05. The standard InChI is InChI=1S/C19H18N2O3/c1-12-4-7-15(10-13(12)2)21-18(11-17(20-21)19(22)23)14-5-8-16(24-3)9-6-14/h4-11H,1-3H3,(H,22,23). The Morgan fingerprint density at radius 3 is 2.33 bits per heavy atom. The monoisotopic (exact) mass is 322 g/mol. The molecule has 0 aliphatic rings. The van der Waals surface area contributed by atoms with Crippen molar-refractivity contribution in [3.63, 3.8) is 0 Å². The summed E-state index contributed by atoms with van der Waals surface area (Å²) in [6.45, 7) is 4.06. The maximum absolute atomic E-state index is 11.4. The molecule has 1 aromatic heterocycles. The number of nitrogens with zero attached hydrogens (tertiary/aromatic N) is 2. The molecule has 1 N–H and O–H groups in total. The van der Waals surface area contributed by atoms with Gasteiger partial charge < -0.3 is 9.84 Å². The van der Waals surface area contributed by atoms with Crippen molar-refractivity contribution in [3.05, 3.63) is 65.4 Å². The molecule has 0 spiro atoms. The van der Waals surface area contributed by atoms with Gasteiger partial charge in [-0.05, 0) is 67.4 Å². The molecule has 0 aliphatic heterocycles. The molecule has 24 heavy (non-hydrogen) atoms. The molecule has 5 heteroatoms. The van der Waals surface area contributed by atoms with Crippen LogP contribution in [-0.4, -0.2) is 28.0 Å². The zero-order valence-corrected chi connectivity index (χ0v) is 13.8. The van der Waals surface area contributed by atoms with Crippen LogP contribution < -0.4 is 4.74 Å². The molecule has 0 fully saturated rings. The summed E-state index contributed by atoms with van der Waals surface area (Å²) in [6.07, 6.45) is 0. The summed E-state index contributed by atoms with van der Waals surface area (Å²) in [4.78, 5) is 11.4. The number of hydrogen-bond acceptors (Lipinski definition) is 3. The second kappa shape index (κ2) is 6.20. The molecule has 3 rings (SSSR count). The van der Waals surface area contributed by atoms with E-state index in [2.05, 4.69) is 5.10 Å². The predicted molar refractivity (Wildman–Crippen MR) is 92.0 cm³/mol. The highest BCUT2D eigenvalue weighted by Gasteiger charge is 2.16. The summed E-state index contributed by atoms with van der Waals surface area (Å²) in [5.74, 6) is -0.304. The van der Waals surface area contributed by atoms with Crippen LogP contribution in [0.15, 0.2) is 48.5 Å². The number of hydrogen-bond donors (Lipinski definition) is 1. The number of aromatic carboxylic acids is 1. The molecule has 0 saturated carbocycles. The molecule has 1 heterocycles. The smallest absolute Gasteiger partial charge is 0.356 e. The van der Waals surface area contributed by atoms with E-state index in [1.807, 2.05) is 56.3 Å². The van der Waals surface area contributed by atoms with Crippen molar-refractivity contribution in [2.24, 2.45) is 0 Å². The van der Waals surface area contributed by atoms with E-state index in [0.29, 0.717) is 0 Å². The summed E-state index contributed by atoms with van der Waals surface area (Å²) < 4.78 is 6.84. The highest BCUT2D eigenvalue weighted by molar-refractivity contribution is 5.87. The van der Waals surface area contributed by atoms with E-state index >= 15 is 0 Å². The number of rotatable bonds is 4. The predicted octanol–water partition coefficient (Wildman–Crippen LogP) is 3.86. The maximum Gasteiger partial charge on any atom is 0.356 e. The lowest BCUT2D eigenvalue weighted by atomic mass is 10.1. The van der Waals surface area contributed by atoms with Crippen molar-refractivity contribution in [1.29, 1.82) is 0 Å². The van der Waals surface area contributed by atoms with Gasteiger partial charge in [0.25, 0.3) is 0 Å². The van der Waals surface area contributed by atoms with E-state index in [9.17, 15) is 9.90 Å². The quantitative estimate of drug-likeness (QED) is 0.792. The van der Waals surface area contributed by atoms with Crippen LogP contribution in [0.1, 0.15) is 21.6 Å². The highest BCUT2D eigenvalue weighted by atomic mass is 16.5.